The third kappa shape index (κ3) is 73.0. The van der Waals surface area contributed by atoms with Crippen LogP contribution in [0.5, 0.6) is 0 Å². The molecule has 8 N–H and O–H groups in total. The molecule has 0 radical (unpaired) electrons. The summed E-state index contributed by atoms with van der Waals surface area (Å²) in [6, 6.07) is 0. The zero-order valence-electron chi connectivity index (χ0n) is 50.4. The maximum atomic E-state index is 11.4. The lowest BCUT2D eigenvalue weighted by Crippen LogP contribution is -2.34. The highest BCUT2D eigenvalue weighted by atomic mass is 16.6. The minimum absolute atomic E-state index is 0.0775. The Labute approximate surface area is 435 Å². The molecule has 0 aromatic carbocycles. The van der Waals surface area contributed by atoms with E-state index in [-0.39, 0.29) is 57.8 Å². The van der Waals surface area contributed by atoms with Crippen LogP contribution in [0.25, 0.3) is 0 Å². The number of carboxylic acid groups (broad SMARTS) is 4. The topological polar surface area (TPSA) is 252 Å². The van der Waals surface area contributed by atoms with Crippen molar-refractivity contribution in [3.8, 4) is 0 Å². The Morgan fingerprint density at radius 1 is 0.451 bits per heavy atom. The van der Waals surface area contributed by atoms with E-state index < -0.39 is 41.2 Å². The predicted octanol–water partition coefficient (Wildman–Crippen LogP) is 14.5. The highest BCUT2D eigenvalue weighted by molar-refractivity contribution is 5.71. The quantitative estimate of drug-likeness (QED) is 0.0670. The lowest BCUT2D eigenvalue weighted by Gasteiger charge is -2.27. The molecule has 0 aromatic heterocycles. The third-order valence-corrected chi connectivity index (χ3v) is 9.58. The van der Waals surface area contributed by atoms with Crippen molar-refractivity contribution in [1.29, 1.82) is 0 Å². The second kappa shape index (κ2) is 37.2. The van der Waals surface area contributed by atoms with E-state index >= 15 is 0 Å². The summed E-state index contributed by atoms with van der Waals surface area (Å²) in [5.41, 5.74) is 4.80. The van der Waals surface area contributed by atoms with E-state index in [1.54, 1.807) is 0 Å². The number of nitrogens with one attached hydrogen (secondary N) is 2. The first kappa shape index (κ1) is 78.8. The van der Waals surface area contributed by atoms with Gasteiger partial charge in [-0.1, -0.05) is 157 Å². The number of aliphatic carboxylic acids is 4. The molecule has 0 bridgehead atoms. The normalized spacial score (nSPS) is 12.8. The lowest BCUT2D eigenvalue weighted by atomic mass is 9.78. The van der Waals surface area contributed by atoms with Crippen LogP contribution < -0.4 is 16.4 Å². The Hall–Kier alpha value is -3.62. The highest BCUT2D eigenvalue weighted by Gasteiger charge is 2.31. The number of nitrogens with two attached hydrogens (primary N) is 1. The van der Waals surface area contributed by atoms with Crippen LogP contribution in [0.15, 0.2) is 0 Å². The van der Waals surface area contributed by atoms with Gasteiger partial charge in [-0.05, 0) is 119 Å². The molecule has 0 heterocycles. The van der Waals surface area contributed by atoms with E-state index in [2.05, 4.69) is 59.1 Å². The van der Waals surface area contributed by atoms with E-state index in [4.69, 9.17) is 30.5 Å². The second-order valence-corrected chi connectivity index (χ2v) is 27.4. The molecule has 2 atom stereocenters. The van der Waals surface area contributed by atoms with Gasteiger partial charge in [0.05, 0.1) is 18.3 Å². The molecule has 15 nitrogen and oxygen atoms in total. The van der Waals surface area contributed by atoms with Crippen molar-refractivity contribution >= 4 is 36.1 Å². The van der Waals surface area contributed by atoms with Crippen molar-refractivity contribution in [3.05, 3.63) is 0 Å². The molecule has 0 saturated heterocycles. The molecular weight excluding hydrogens is 907 g/mol. The Morgan fingerprint density at radius 3 is 0.986 bits per heavy atom. The average Bonchev–Trinajstić information content (AvgIpc) is 3.06. The second-order valence-electron chi connectivity index (χ2n) is 27.4. The molecule has 15 heteroatoms. The van der Waals surface area contributed by atoms with E-state index in [1.165, 1.54) is 0 Å². The zero-order chi connectivity index (χ0) is 58.1. The van der Waals surface area contributed by atoms with Crippen LogP contribution in [0.3, 0.4) is 0 Å². The summed E-state index contributed by atoms with van der Waals surface area (Å²) in [7, 11) is 0. The maximum absolute atomic E-state index is 11.4. The molecule has 0 rings (SSSR count). The van der Waals surface area contributed by atoms with E-state index in [1.807, 2.05) is 125 Å². The predicted molar refractivity (Wildman–Crippen MR) is 293 cm³/mol. The minimum Gasteiger partial charge on any atom is -0.481 e. The van der Waals surface area contributed by atoms with Gasteiger partial charge in [-0.25, -0.2) is 9.59 Å². The summed E-state index contributed by atoms with van der Waals surface area (Å²) in [5.74, 6) is -3.38. The number of hydrogen-bond donors (Lipinski definition) is 7. The van der Waals surface area contributed by atoms with Gasteiger partial charge in [0.1, 0.15) is 11.2 Å². The maximum Gasteiger partial charge on any atom is 0.407 e. The van der Waals surface area contributed by atoms with Gasteiger partial charge in [-0.15, -0.1) is 0 Å². The van der Waals surface area contributed by atoms with Crippen molar-refractivity contribution in [2.24, 2.45) is 50.1 Å². The number of rotatable bonds is 17. The SMILES string of the molecule is CC(C)(C)CC(=O)O.CC(C)(C)CCC(=O)O.CC(C)(C)CCN.CC(C)(C)CCNC(=O)OC(C)(C)C.CC(C)(C)OC(=O)NCCCCC(C(=O)O)C(C)(C)C.CCCCCC(C(=O)O)C(C)(C)C. The van der Waals surface area contributed by atoms with Crippen LogP contribution >= 0.6 is 0 Å². The first-order chi connectivity index (χ1) is 31.3. The number of unbranched alkanes of at least 4 members (excludes halogenated alkanes) is 3. The molecule has 0 spiro atoms. The standard InChI is InChI=1S/C15H29NO4.C11H23NO2.C11H22O2.C7H14O2.C6H15N.C6H12O2/c1-14(2,3)11(12(17)18)9-7-8-10-16-13(19)20-15(4,5)6;1-10(2,3)7-8-12-9(13)14-11(4,5)6;1-5-6-7-8-9(10(12)13)11(2,3)4;1-7(2,3)5-4-6(8)9;1-6(2,3)4-5-7;1-6(2,3)4-5(7)8/h11H,7-10H2,1-6H3,(H,16,19)(H,17,18);7-8H2,1-6H3,(H,12,13);9H,5-8H2,1-4H3,(H,12,13);4-5H2,1-3H3,(H,8,9);4-5,7H2,1-3H3;4H2,1-3H3,(H,7,8). The monoisotopic (exact) mass is 1020 g/mol. The number of carbonyl (C=O) groups excluding carboxylic acids is 2. The van der Waals surface area contributed by atoms with Gasteiger partial charge in [-0.3, -0.25) is 19.2 Å². The van der Waals surface area contributed by atoms with Crippen LogP contribution in [0.2, 0.25) is 0 Å². The summed E-state index contributed by atoms with van der Waals surface area (Å²) < 4.78 is 10.2. The third-order valence-electron chi connectivity index (χ3n) is 9.58. The molecular formula is C56H115N3O12. The number of hydrogen-bond acceptors (Lipinski definition) is 9. The smallest absolute Gasteiger partial charge is 0.407 e. The van der Waals surface area contributed by atoms with Crippen LogP contribution in [-0.4, -0.2) is 87.3 Å². The number of ether oxygens (including phenoxy) is 2. The molecule has 71 heavy (non-hydrogen) atoms. The van der Waals surface area contributed by atoms with Crippen LogP contribution in [0.1, 0.15) is 250 Å². The lowest BCUT2D eigenvalue weighted by molar-refractivity contribution is -0.146. The molecule has 0 aromatic rings. The summed E-state index contributed by atoms with van der Waals surface area (Å²) in [6.07, 6.45) is 8.86. The first-order valence-corrected chi connectivity index (χ1v) is 25.9. The average molecular weight is 1020 g/mol. The van der Waals surface area contributed by atoms with E-state index in [0.717, 1.165) is 64.3 Å². The Kier molecular flexibility index (Phi) is 41.2. The summed E-state index contributed by atoms with van der Waals surface area (Å²) in [6.45, 7) is 51.8. The van der Waals surface area contributed by atoms with Crippen molar-refractivity contribution in [2.75, 3.05) is 19.6 Å². The molecule has 426 valence electrons. The minimum atomic E-state index is -0.752. The van der Waals surface area contributed by atoms with Crippen molar-refractivity contribution in [2.45, 2.75) is 261 Å². The van der Waals surface area contributed by atoms with E-state index in [0.29, 0.717) is 24.9 Å². The molecule has 0 saturated carbocycles. The molecule has 0 fully saturated rings. The fourth-order valence-electron chi connectivity index (χ4n) is 5.65. The van der Waals surface area contributed by atoms with Crippen molar-refractivity contribution < 1.29 is 58.7 Å². The Balaban J connectivity index is -0.000000185. The fourth-order valence-corrected chi connectivity index (χ4v) is 5.65. The molecule has 0 aliphatic rings. The zero-order valence-corrected chi connectivity index (χ0v) is 50.4. The van der Waals surface area contributed by atoms with Crippen LogP contribution in [0.4, 0.5) is 9.59 Å². The molecule has 0 aliphatic heterocycles. The summed E-state index contributed by atoms with van der Waals surface area (Å²) in [4.78, 5) is 64.8. The molecule has 0 aliphatic carbocycles. The molecule has 2 unspecified atom stereocenters. The largest absolute Gasteiger partial charge is 0.481 e. The number of alkyl carbamates (subject to hydrolysis) is 2. The number of carbonyl (C=O) groups is 6. The van der Waals surface area contributed by atoms with E-state index in [9.17, 15) is 33.9 Å². The Morgan fingerprint density at radius 2 is 0.789 bits per heavy atom. The van der Waals surface area contributed by atoms with Gasteiger partial charge in [0.2, 0.25) is 0 Å². The van der Waals surface area contributed by atoms with Gasteiger partial charge in [0, 0.05) is 19.5 Å². The summed E-state index contributed by atoms with van der Waals surface area (Å²) >= 11 is 0. The van der Waals surface area contributed by atoms with Gasteiger partial charge in [0.25, 0.3) is 0 Å². The van der Waals surface area contributed by atoms with Crippen molar-refractivity contribution in [3.63, 3.8) is 0 Å². The van der Waals surface area contributed by atoms with Crippen LogP contribution in [0, 0.1) is 44.3 Å². The van der Waals surface area contributed by atoms with Gasteiger partial charge in [-0.2, -0.15) is 0 Å². The number of carboxylic acids is 4. The fraction of sp³-hybridized carbons (Fsp3) is 0.893. The van der Waals surface area contributed by atoms with Gasteiger partial charge >= 0.3 is 36.1 Å². The van der Waals surface area contributed by atoms with Gasteiger partial charge in [0.15, 0.2) is 0 Å². The highest BCUT2D eigenvalue weighted by Crippen LogP contribution is 2.31. The number of amides is 2. The van der Waals surface area contributed by atoms with Gasteiger partial charge < -0.3 is 46.3 Å². The molecule has 2 amide bonds. The summed E-state index contributed by atoms with van der Waals surface area (Å²) in [5, 5.41) is 40.1. The Bertz CT molecular complexity index is 1440. The first-order valence-electron chi connectivity index (χ1n) is 25.9. The van der Waals surface area contributed by atoms with Crippen LogP contribution in [-0.2, 0) is 28.7 Å². The van der Waals surface area contributed by atoms with Crippen molar-refractivity contribution in [1.82, 2.24) is 10.6 Å².